The predicted octanol–water partition coefficient (Wildman–Crippen LogP) is 0.396. The van der Waals surface area contributed by atoms with Crippen LogP contribution in [0.15, 0.2) is 0 Å². The van der Waals surface area contributed by atoms with Crippen LogP contribution in [0.1, 0.15) is 19.3 Å². The maximum atomic E-state index is 11.1. The molecule has 1 saturated carbocycles. The number of ether oxygens (including phenoxy) is 1. The van der Waals surface area contributed by atoms with Crippen molar-refractivity contribution in [3.05, 3.63) is 0 Å². The van der Waals surface area contributed by atoms with Crippen LogP contribution in [-0.4, -0.2) is 36.6 Å². The lowest BCUT2D eigenvalue weighted by molar-refractivity contribution is -0.152. The maximum Gasteiger partial charge on any atom is 0.323 e. The molecule has 0 unspecified atom stereocenters. The fraction of sp³-hybridized carbons (Fsp3) is 0.875. The third-order valence-corrected chi connectivity index (χ3v) is 2.55. The predicted molar refractivity (Wildman–Crippen MR) is 40.1 cm³/mol. The number of likely N-dealkylation sites (tertiary alicyclic amines) is 1. The average Bonchev–Trinajstić information content (AvgIpc) is 2.69. The highest BCUT2D eigenvalue weighted by molar-refractivity contribution is 5.76. The summed E-state index contributed by atoms with van der Waals surface area (Å²) in [5, 5.41) is 0. The van der Waals surface area contributed by atoms with E-state index in [4.69, 9.17) is 0 Å². The smallest absolute Gasteiger partial charge is 0.323 e. The normalized spacial score (nSPS) is 31.2. The lowest BCUT2D eigenvalue weighted by atomic mass is 10.0. The minimum atomic E-state index is -0.0526. The highest BCUT2D eigenvalue weighted by Crippen LogP contribution is 2.34. The van der Waals surface area contributed by atoms with Gasteiger partial charge in [0.2, 0.25) is 0 Å². The molecule has 0 spiro atoms. The second kappa shape index (κ2) is 2.48. The third-order valence-electron chi connectivity index (χ3n) is 2.55. The Morgan fingerprint density at radius 2 is 2.18 bits per heavy atom. The molecular formula is C8H13NO2. The summed E-state index contributed by atoms with van der Waals surface area (Å²) >= 11 is 0. The molecule has 2 rings (SSSR count). The molecule has 0 radical (unpaired) electrons. The zero-order chi connectivity index (χ0) is 7.84. The van der Waals surface area contributed by atoms with E-state index < -0.39 is 0 Å². The van der Waals surface area contributed by atoms with Crippen molar-refractivity contribution >= 4 is 5.97 Å². The monoisotopic (exact) mass is 155 g/mol. The second-order valence-corrected chi connectivity index (χ2v) is 3.30. The summed E-state index contributed by atoms with van der Waals surface area (Å²) in [6.45, 7) is 1.09. The number of carbonyl (C=O) groups is 1. The fourth-order valence-corrected chi connectivity index (χ4v) is 1.64. The van der Waals surface area contributed by atoms with Crippen molar-refractivity contribution in [1.82, 2.24) is 4.90 Å². The number of esters is 1. The Bertz CT molecular complexity index is 177. The van der Waals surface area contributed by atoms with Gasteiger partial charge in [0, 0.05) is 12.6 Å². The molecule has 3 nitrogen and oxygen atoms in total. The average molecular weight is 155 g/mol. The SMILES string of the molecule is COC(=O)[C@H]1CCN1C1CC1. The summed E-state index contributed by atoms with van der Waals surface area (Å²) in [6, 6.07) is 0.792. The van der Waals surface area contributed by atoms with Crippen LogP contribution < -0.4 is 0 Å². The van der Waals surface area contributed by atoms with E-state index >= 15 is 0 Å². The Hall–Kier alpha value is -0.570. The van der Waals surface area contributed by atoms with Crippen molar-refractivity contribution in [3.63, 3.8) is 0 Å². The molecule has 0 N–H and O–H groups in total. The van der Waals surface area contributed by atoms with Gasteiger partial charge in [0.1, 0.15) is 6.04 Å². The lowest BCUT2D eigenvalue weighted by Gasteiger charge is -2.38. The molecule has 1 atom stereocenters. The van der Waals surface area contributed by atoms with Crippen molar-refractivity contribution in [2.45, 2.75) is 31.3 Å². The molecule has 62 valence electrons. The highest BCUT2D eigenvalue weighted by Gasteiger charge is 2.43. The third kappa shape index (κ3) is 1.13. The van der Waals surface area contributed by atoms with Crippen LogP contribution in [0.4, 0.5) is 0 Å². The number of nitrogens with zero attached hydrogens (tertiary/aromatic N) is 1. The Morgan fingerprint density at radius 1 is 1.45 bits per heavy atom. The van der Waals surface area contributed by atoms with Gasteiger partial charge < -0.3 is 4.74 Å². The standard InChI is InChI=1S/C8H13NO2/c1-11-8(10)7-4-5-9(7)6-2-3-6/h6-7H,2-5H2,1H3/t7-/m1/s1. The van der Waals surface area contributed by atoms with E-state index in [2.05, 4.69) is 9.64 Å². The topological polar surface area (TPSA) is 29.5 Å². The quantitative estimate of drug-likeness (QED) is 0.540. The fourth-order valence-electron chi connectivity index (χ4n) is 1.64. The minimum absolute atomic E-state index is 0.0526. The van der Waals surface area contributed by atoms with Crippen molar-refractivity contribution in [2.75, 3.05) is 13.7 Å². The van der Waals surface area contributed by atoms with Gasteiger partial charge in [-0.15, -0.1) is 0 Å². The number of rotatable bonds is 2. The van der Waals surface area contributed by atoms with E-state index in [-0.39, 0.29) is 12.0 Å². The first-order chi connectivity index (χ1) is 5.33. The second-order valence-electron chi connectivity index (χ2n) is 3.30. The first kappa shape index (κ1) is 7.10. The van der Waals surface area contributed by atoms with Gasteiger partial charge in [-0.3, -0.25) is 9.69 Å². The van der Waals surface area contributed by atoms with Crippen molar-refractivity contribution < 1.29 is 9.53 Å². The zero-order valence-corrected chi connectivity index (χ0v) is 6.75. The van der Waals surface area contributed by atoms with E-state index in [9.17, 15) is 4.79 Å². The van der Waals surface area contributed by atoms with Crippen LogP contribution in [0.3, 0.4) is 0 Å². The van der Waals surface area contributed by atoms with E-state index in [0.29, 0.717) is 6.04 Å². The Labute approximate surface area is 66.3 Å². The molecule has 1 saturated heterocycles. The number of hydrogen-bond acceptors (Lipinski definition) is 3. The van der Waals surface area contributed by atoms with Crippen LogP contribution in [0.25, 0.3) is 0 Å². The number of carbonyl (C=O) groups excluding carboxylic acids is 1. The van der Waals surface area contributed by atoms with Crippen molar-refractivity contribution in [1.29, 1.82) is 0 Å². The summed E-state index contributed by atoms with van der Waals surface area (Å²) in [5.41, 5.74) is 0. The van der Waals surface area contributed by atoms with Crippen molar-refractivity contribution in [3.8, 4) is 0 Å². The lowest BCUT2D eigenvalue weighted by Crippen LogP contribution is -2.53. The molecule has 0 aromatic heterocycles. The summed E-state index contributed by atoms with van der Waals surface area (Å²) in [6.07, 6.45) is 3.53. The summed E-state index contributed by atoms with van der Waals surface area (Å²) in [7, 11) is 1.46. The number of hydrogen-bond donors (Lipinski definition) is 0. The van der Waals surface area contributed by atoms with Gasteiger partial charge in [0.05, 0.1) is 7.11 Å². The van der Waals surface area contributed by atoms with Crippen LogP contribution >= 0.6 is 0 Å². The van der Waals surface area contributed by atoms with Gasteiger partial charge in [-0.25, -0.2) is 0 Å². The molecule has 0 aromatic rings. The van der Waals surface area contributed by atoms with Gasteiger partial charge in [-0.1, -0.05) is 0 Å². The molecule has 11 heavy (non-hydrogen) atoms. The van der Waals surface area contributed by atoms with Gasteiger partial charge >= 0.3 is 5.97 Å². The molecule has 0 amide bonds. The van der Waals surface area contributed by atoms with E-state index in [0.717, 1.165) is 13.0 Å². The Balaban J connectivity index is 1.89. The van der Waals surface area contributed by atoms with Crippen molar-refractivity contribution in [2.24, 2.45) is 0 Å². The zero-order valence-electron chi connectivity index (χ0n) is 6.75. The molecule has 1 heterocycles. The molecule has 1 aliphatic carbocycles. The summed E-state index contributed by atoms with van der Waals surface area (Å²) in [5.74, 6) is -0.0526. The van der Waals surface area contributed by atoms with Gasteiger partial charge in [0.25, 0.3) is 0 Å². The van der Waals surface area contributed by atoms with Gasteiger partial charge in [-0.2, -0.15) is 0 Å². The Kier molecular flexibility index (Phi) is 1.60. The molecule has 3 heteroatoms. The van der Waals surface area contributed by atoms with Gasteiger partial charge in [-0.05, 0) is 19.3 Å². The van der Waals surface area contributed by atoms with E-state index in [1.165, 1.54) is 20.0 Å². The Morgan fingerprint density at radius 3 is 2.55 bits per heavy atom. The van der Waals surface area contributed by atoms with Crippen LogP contribution in [0.5, 0.6) is 0 Å². The maximum absolute atomic E-state index is 11.1. The molecule has 2 fully saturated rings. The molecule has 0 bridgehead atoms. The molecular weight excluding hydrogens is 142 g/mol. The minimum Gasteiger partial charge on any atom is -0.468 e. The van der Waals surface area contributed by atoms with E-state index in [1.54, 1.807) is 0 Å². The van der Waals surface area contributed by atoms with Crippen LogP contribution in [0.2, 0.25) is 0 Å². The molecule has 2 aliphatic rings. The first-order valence-corrected chi connectivity index (χ1v) is 4.16. The van der Waals surface area contributed by atoms with Crippen LogP contribution in [-0.2, 0) is 9.53 Å². The summed E-state index contributed by atoms with van der Waals surface area (Å²) in [4.78, 5) is 13.3. The number of methoxy groups -OCH3 is 1. The van der Waals surface area contributed by atoms with E-state index in [1.807, 2.05) is 0 Å². The first-order valence-electron chi connectivity index (χ1n) is 4.16. The molecule has 1 aliphatic heterocycles. The summed E-state index contributed by atoms with van der Waals surface area (Å²) < 4.78 is 4.68. The van der Waals surface area contributed by atoms with Crippen LogP contribution in [0, 0.1) is 0 Å². The molecule has 0 aromatic carbocycles. The highest BCUT2D eigenvalue weighted by atomic mass is 16.5. The van der Waals surface area contributed by atoms with Gasteiger partial charge in [0.15, 0.2) is 0 Å². The largest absolute Gasteiger partial charge is 0.468 e.